The van der Waals surface area contributed by atoms with Gasteiger partial charge in [0, 0.05) is 6.04 Å². The molecule has 0 aliphatic heterocycles. The van der Waals surface area contributed by atoms with Gasteiger partial charge in [-0.05, 0) is 49.7 Å². The average Bonchev–Trinajstić information content (AvgIpc) is 2.71. The molecule has 2 aromatic rings. The summed E-state index contributed by atoms with van der Waals surface area (Å²) in [5.74, 6) is -0.179. The van der Waals surface area contributed by atoms with Gasteiger partial charge >= 0.3 is 0 Å². The number of hydrogen-bond donors (Lipinski definition) is 1. The van der Waals surface area contributed by atoms with Crippen LogP contribution in [0.5, 0.6) is 0 Å². The summed E-state index contributed by atoms with van der Waals surface area (Å²) >= 11 is 5.47. The molecule has 1 N–H and O–H groups in total. The number of rotatable bonds is 6. The molecule has 0 aliphatic carbocycles. The highest BCUT2D eigenvalue weighted by Gasteiger charge is 2.15. The van der Waals surface area contributed by atoms with Gasteiger partial charge in [-0.15, -0.1) is 0 Å². The molecule has 2 nitrogen and oxygen atoms in total. The second-order valence-corrected chi connectivity index (χ2v) is 5.89. The molecule has 20 heavy (non-hydrogen) atoms. The van der Waals surface area contributed by atoms with Crippen molar-refractivity contribution in [3.05, 3.63) is 28.3 Å². The molecular formula is C16H23FN2S. The Morgan fingerprint density at radius 2 is 2.00 bits per heavy atom. The predicted octanol–water partition coefficient (Wildman–Crippen LogP) is 5.68. The van der Waals surface area contributed by atoms with Crippen LogP contribution in [0.3, 0.4) is 0 Å². The summed E-state index contributed by atoms with van der Waals surface area (Å²) < 4.78 is 16.6. The summed E-state index contributed by atoms with van der Waals surface area (Å²) in [5, 5.41) is 0. The third-order valence-electron chi connectivity index (χ3n) is 3.87. The van der Waals surface area contributed by atoms with Gasteiger partial charge in [-0.3, -0.25) is 0 Å². The molecule has 1 unspecified atom stereocenters. The van der Waals surface area contributed by atoms with Gasteiger partial charge < -0.3 is 9.55 Å². The maximum Gasteiger partial charge on any atom is 0.178 e. The fourth-order valence-corrected chi connectivity index (χ4v) is 3.15. The normalized spacial score (nSPS) is 13.0. The summed E-state index contributed by atoms with van der Waals surface area (Å²) in [7, 11) is 0. The Labute approximate surface area is 125 Å². The molecule has 1 atom stereocenters. The Balaban J connectivity index is 2.52. The lowest BCUT2D eigenvalue weighted by molar-refractivity contribution is 0.422. The molecule has 0 spiro atoms. The standard InChI is InChI=1S/C16H23FN2S/c1-4-6-8-12(7-5-2)19-15-9-11(3)13(17)10-14(15)18-16(19)20/h9-10,12H,4-8H2,1-3H3,(H,18,20). The fourth-order valence-electron chi connectivity index (χ4n) is 2.79. The van der Waals surface area contributed by atoms with Gasteiger partial charge in [0.05, 0.1) is 11.0 Å². The summed E-state index contributed by atoms with van der Waals surface area (Å²) in [5.41, 5.74) is 2.50. The van der Waals surface area contributed by atoms with Crippen molar-refractivity contribution >= 4 is 23.3 Å². The smallest absolute Gasteiger partial charge is 0.178 e. The summed E-state index contributed by atoms with van der Waals surface area (Å²) in [6.45, 7) is 6.20. The van der Waals surface area contributed by atoms with E-state index in [9.17, 15) is 4.39 Å². The molecule has 4 heteroatoms. The first-order valence-corrected chi connectivity index (χ1v) is 7.89. The molecule has 2 rings (SSSR count). The molecule has 0 aliphatic rings. The van der Waals surface area contributed by atoms with Crippen LogP contribution in [0.1, 0.15) is 57.6 Å². The molecular weight excluding hydrogens is 271 g/mol. The van der Waals surface area contributed by atoms with Gasteiger partial charge in [-0.1, -0.05) is 33.1 Å². The van der Waals surface area contributed by atoms with E-state index in [1.807, 2.05) is 6.07 Å². The quantitative estimate of drug-likeness (QED) is 0.680. The van der Waals surface area contributed by atoms with E-state index in [1.165, 1.54) is 12.8 Å². The van der Waals surface area contributed by atoms with E-state index in [0.717, 1.165) is 30.3 Å². The Morgan fingerprint density at radius 1 is 1.25 bits per heavy atom. The van der Waals surface area contributed by atoms with Gasteiger partial charge in [0.25, 0.3) is 0 Å². The maximum atomic E-state index is 13.7. The highest BCUT2D eigenvalue weighted by atomic mass is 32.1. The zero-order chi connectivity index (χ0) is 14.7. The van der Waals surface area contributed by atoms with Crippen molar-refractivity contribution in [2.45, 2.75) is 58.9 Å². The lowest BCUT2D eigenvalue weighted by Gasteiger charge is -2.19. The minimum Gasteiger partial charge on any atom is -0.330 e. The van der Waals surface area contributed by atoms with Crippen LogP contribution in [0.25, 0.3) is 11.0 Å². The Kier molecular flexibility index (Phi) is 4.97. The predicted molar refractivity (Wildman–Crippen MR) is 85.3 cm³/mol. The lowest BCUT2D eigenvalue weighted by atomic mass is 10.0. The fraction of sp³-hybridized carbons (Fsp3) is 0.562. The van der Waals surface area contributed by atoms with Gasteiger partial charge in [-0.2, -0.15) is 0 Å². The number of fused-ring (bicyclic) bond motifs is 1. The molecule has 0 radical (unpaired) electrons. The van der Waals surface area contributed by atoms with E-state index in [4.69, 9.17) is 12.2 Å². The first-order valence-electron chi connectivity index (χ1n) is 7.48. The molecule has 0 fully saturated rings. The van der Waals surface area contributed by atoms with Gasteiger partial charge in [0.15, 0.2) is 4.77 Å². The number of H-pyrrole nitrogens is 1. The number of halogens is 1. The van der Waals surface area contributed by atoms with Crippen molar-refractivity contribution in [1.29, 1.82) is 0 Å². The molecule has 0 bridgehead atoms. The number of aryl methyl sites for hydroxylation is 1. The number of aromatic nitrogens is 2. The van der Waals surface area contributed by atoms with Crippen LogP contribution < -0.4 is 0 Å². The van der Waals surface area contributed by atoms with Crippen molar-refractivity contribution in [2.75, 3.05) is 0 Å². The van der Waals surface area contributed by atoms with Crippen LogP contribution in [0.4, 0.5) is 4.39 Å². The van der Waals surface area contributed by atoms with Gasteiger partial charge in [-0.25, -0.2) is 4.39 Å². The van der Waals surface area contributed by atoms with Crippen molar-refractivity contribution in [1.82, 2.24) is 9.55 Å². The molecule has 1 aromatic heterocycles. The average molecular weight is 294 g/mol. The molecule has 1 aromatic carbocycles. The van der Waals surface area contributed by atoms with Crippen LogP contribution in [0, 0.1) is 17.5 Å². The largest absolute Gasteiger partial charge is 0.330 e. The zero-order valence-electron chi connectivity index (χ0n) is 12.5. The monoisotopic (exact) mass is 294 g/mol. The van der Waals surface area contributed by atoms with E-state index in [0.29, 0.717) is 16.4 Å². The lowest BCUT2D eigenvalue weighted by Crippen LogP contribution is -2.09. The number of hydrogen-bond acceptors (Lipinski definition) is 1. The second kappa shape index (κ2) is 6.53. The Bertz CT molecular complexity index is 642. The van der Waals surface area contributed by atoms with Crippen LogP contribution in [-0.4, -0.2) is 9.55 Å². The highest BCUT2D eigenvalue weighted by molar-refractivity contribution is 7.71. The summed E-state index contributed by atoms with van der Waals surface area (Å²) in [6, 6.07) is 3.87. The minimum absolute atomic E-state index is 0.179. The Morgan fingerprint density at radius 3 is 2.65 bits per heavy atom. The topological polar surface area (TPSA) is 20.7 Å². The number of imidazole rings is 1. The van der Waals surface area contributed by atoms with E-state index < -0.39 is 0 Å². The third kappa shape index (κ3) is 2.95. The van der Waals surface area contributed by atoms with Crippen LogP contribution in [0.15, 0.2) is 12.1 Å². The molecule has 0 saturated carbocycles. The van der Waals surface area contributed by atoms with Crippen LogP contribution in [-0.2, 0) is 0 Å². The maximum absolute atomic E-state index is 13.7. The van der Waals surface area contributed by atoms with E-state index in [1.54, 1.807) is 13.0 Å². The van der Waals surface area contributed by atoms with Crippen molar-refractivity contribution in [3.8, 4) is 0 Å². The van der Waals surface area contributed by atoms with E-state index in [-0.39, 0.29) is 5.82 Å². The van der Waals surface area contributed by atoms with Crippen molar-refractivity contribution < 1.29 is 4.39 Å². The first-order chi connectivity index (χ1) is 9.58. The summed E-state index contributed by atoms with van der Waals surface area (Å²) in [6.07, 6.45) is 5.74. The van der Waals surface area contributed by atoms with Gasteiger partial charge in [0.2, 0.25) is 0 Å². The van der Waals surface area contributed by atoms with Crippen molar-refractivity contribution in [2.24, 2.45) is 0 Å². The van der Waals surface area contributed by atoms with E-state index >= 15 is 0 Å². The number of unbranched alkanes of at least 4 members (excludes halogenated alkanes) is 1. The highest BCUT2D eigenvalue weighted by Crippen LogP contribution is 2.28. The third-order valence-corrected chi connectivity index (χ3v) is 4.17. The second-order valence-electron chi connectivity index (χ2n) is 5.50. The van der Waals surface area contributed by atoms with Gasteiger partial charge in [0.1, 0.15) is 5.82 Å². The molecule has 110 valence electrons. The SMILES string of the molecule is CCCCC(CCC)n1c(=S)[nH]c2cc(F)c(C)cc21. The number of nitrogens with zero attached hydrogens (tertiary/aromatic N) is 1. The van der Waals surface area contributed by atoms with Crippen molar-refractivity contribution in [3.63, 3.8) is 0 Å². The van der Waals surface area contributed by atoms with Crippen LogP contribution in [0.2, 0.25) is 0 Å². The number of nitrogens with one attached hydrogen (secondary N) is 1. The molecule has 0 amide bonds. The van der Waals surface area contributed by atoms with E-state index in [2.05, 4.69) is 23.4 Å². The first kappa shape index (κ1) is 15.2. The summed E-state index contributed by atoms with van der Waals surface area (Å²) in [4.78, 5) is 3.15. The van der Waals surface area contributed by atoms with Crippen LogP contribution >= 0.6 is 12.2 Å². The zero-order valence-corrected chi connectivity index (χ0v) is 13.3. The molecule has 0 saturated heterocycles. The number of aromatic amines is 1. The molecule has 1 heterocycles. The minimum atomic E-state index is -0.179. The Hall–Kier alpha value is -1.16. The number of benzene rings is 1.